The average molecular weight is 291 g/mol. The lowest BCUT2D eigenvalue weighted by molar-refractivity contribution is -0.134. The Bertz CT molecular complexity index is 269. The van der Waals surface area contributed by atoms with E-state index in [9.17, 15) is 4.79 Å². The quantitative estimate of drug-likeness (QED) is 0.845. The van der Waals surface area contributed by atoms with Crippen LogP contribution in [0.2, 0.25) is 0 Å². The van der Waals surface area contributed by atoms with Crippen molar-refractivity contribution in [2.75, 3.05) is 6.54 Å². The molecule has 4 heteroatoms. The topological polar surface area (TPSA) is 46.3 Å². The third kappa shape index (κ3) is 6.13. The highest BCUT2D eigenvalue weighted by atomic mass is 35.5. The first kappa shape index (κ1) is 18.7. The van der Waals surface area contributed by atoms with Crippen LogP contribution in [-0.2, 0) is 4.79 Å². The monoisotopic (exact) mass is 290 g/mol. The van der Waals surface area contributed by atoms with E-state index in [0.29, 0.717) is 30.2 Å². The van der Waals surface area contributed by atoms with Crippen molar-refractivity contribution in [2.45, 2.75) is 71.9 Å². The van der Waals surface area contributed by atoms with Crippen LogP contribution in [-0.4, -0.2) is 29.4 Å². The summed E-state index contributed by atoms with van der Waals surface area (Å²) in [5.74, 6) is 1.22. The van der Waals surface area contributed by atoms with E-state index in [0.717, 1.165) is 19.4 Å². The molecule has 19 heavy (non-hydrogen) atoms. The Balaban J connectivity index is 0.00000324. The van der Waals surface area contributed by atoms with Crippen LogP contribution in [0.15, 0.2) is 0 Å². The van der Waals surface area contributed by atoms with Crippen molar-refractivity contribution in [3.05, 3.63) is 0 Å². The maximum Gasteiger partial charge on any atom is 0.223 e. The average Bonchev–Trinajstić information content (AvgIpc) is 2.28. The van der Waals surface area contributed by atoms with E-state index in [4.69, 9.17) is 5.73 Å². The van der Waals surface area contributed by atoms with Crippen LogP contribution < -0.4 is 5.73 Å². The third-order valence-corrected chi connectivity index (χ3v) is 3.91. The Morgan fingerprint density at radius 1 is 1.21 bits per heavy atom. The standard InChI is InChI=1S/C15H30N2O.ClH/c1-11(2)10-17(12(3)4)15(18)9-13-7-5-6-8-14(13)16;/h11-14H,5-10,16H2,1-4H3;1H. The summed E-state index contributed by atoms with van der Waals surface area (Å²) in [6.45, 7) is 9.38. The van der Waals surface area contributed by atoms with Crippen molar-refractivity contribution in [1.29, 1.82) is 0 Å². The van der Waals surface area contributed by atoms with E-state index in [2.05, 4.69) is 27.7 Å². The molecule has 0 aromatic carbocycles. The lowest BCUT2D eigenvalue weighted by Gasteiger charge is -2.33. The van der Waals surface area contributed by atoms with Gasteiger partial charge in [-0.15, -0.1) is 12.4 Å². The van der Waals surface area contributed by atoms with Gasteiger partial charge in [-0.3, -0.25) is 4.79 Å². The second kappa shape index (κ2) is 8.80. The highest BCUT2D eigenvalue weighted by molar-refractivity contribution is 5.85. The van der Waals surface area contributed by atoms with Gasteiger partial charge in [0.1, 0.15) is 0 Å². The molecule has 114 valence electrons. The van der Waals surface area contributed by atoms with Crippen LogP contribution in [0.4, 0.5) is 0 Å². The minimum absolute atomic E-state index is 0. The van der Waals surface area contributed by atoms with Crippen LogP contribution in [0.5, 0.6) is 0 Å². The lowest BCUT2D eigenvalue weighted by atomic mass is 9.82. The largest absolute Gasteiger partial charge is 0.340 e. The number of rotatable bonds is 5. The molecule has 1 rings (SSSR count). The first-order chi connectivity index (χ1) is 8.41. The minimum Gasteiger partial charge on any atom is -0.340 e. The van der Waals surface area contributed by atoms with Crippen molar-refractivity contribution in [2.24, 2.45) is 17.6 Å². The van der Waals surface area contributed by atoms with Crippen molar-refractivity contribution in [1.82, 2.24) is 4.90 Å². The highest BCUT2D eigenvalue weighted by Crippen LogP contribution is 2.26. The highest BCUT2D eigenvalue weighted by Gasteiger charge is 2.27. The summed E-state index contributed by atoms with van der Waals surface area (Å²) in [4.78, 5) is 14.4. The molecule has 3 nitrogen and oxygen atoms in total. The summed E-state index contributed by atoms with van der Waals surface area (Å²) in [5.41, 5.74) is 6.13. The van der Waals surface area contributed by atoms with Crippen LogP contribution in [0.1, 0.15) is 59.8 Å². The lowest BCUT2D eigenvalue weighted by Crippen LogP contribution is -2.43. The Hall–Kier alpha value is -0.280. The fourth-order valence-electron chi connectivity index (χ4n) is 2.83. The van der Waals surface area contributed by atoms with Crippen LogP contribution in [0.3, 0.4) is 0 Å². The summed E-state index contributed by atoms with van der Waals surface area (Å²) in [5, 5.41) is 0. The maximum atomic E-state index is 12.4. The Labute approximate surface area is 124 Å². The third-order valence-electron chi connectivity index (χ3n) is 3.91. The van der Waals surface area contributed by atoms with Gasteiger partial charge in [0, 0.05) is 25.0 Å². The summed E-state index contributed by atoms with van der Waals surface area (Å²) < 4.78 is 0. The first-order valence-corrected chi connectivity index (χ1v) is 7.46. The van der Waals surface area contributed by atoms with Gasteiger partial charge in [-0.05, 0) is 38.5 Å². The van der Waals surface area contributed by atoms with Crippen LogP contribution in [0.25, 0.3) is 0 Å². The first-order valence-electron chi connectivity index (χ1n) is 7.46. The fourth-order valence-corrected chi connectivity index (χ4v) is 2.83. The van der Waals surface area contributed by atoms with E-state index in [1.54, 1.807) is 0 Å². The summed E-state index contributed by atoms with van der Waals surface area (Å²) in [7, 11) is 0. The van der Waals surface area contributed by atoms with E-state index in [-0.39, 0.29) is 18.4 Å². The SMILES string of the molecule is CC(C)CN(C(=O)CC1CCCCC1N)C(C)C.Cl. The zero-order valence-corrected chi connectivity index (χ0v) is 13.7. The molecule has 0 aromatic rings. The smallest absolute Gasteiger partial charge is 0.223 e. The Morgan fingerprint density at radius 3 is 2.26 bits per heavy atom. The van der Waals surface area contributed by atoms with Gasteiger partial charge in [-0.25, -0.2) is 0 Å². The van der Waals surface area contributed by atoms with Gasteiger partial charge >= 0.3 is 0 Å². The van der Waals surface area contributed by atoms with Crippen molar-refractivity contribution in [3.63, 3.8) is 0 Å². The zero-order chi connectivity index (χ0) is 13.7. The number of nitrogens with zero attached hydrogens (tertiary/aromatic N) is 1. The van der Waals surface area contributed by atoms with Crippen LogP contribution >= 0.6 is 12.4 Å². The molecular weight excluding hydrogens is 260 g/mol. The van der Waals surface area contributed by atoms with Gasteiger partial charge in [0.2, 0.25) is 5.91 Å². The Kier molecular flexibility index (Phi) is 8.67. The predicted molar refractivity (Wildman–Crippen MR) is 83.5 cm³/mol. The molecular formula is C15H31ClN2O. The van der Waals surface area contributed by atoms with E-state index < -0.39 is 0 Å². The van der Waals surface area contributed by atoms with Crippen molar-refractivity contribution >= 4 is 18.3 Å². The van der Waals surface area contributed by atoms with Gasteiger partial charge in [-0.2, -0.15) is 0 Å². The van der Waals surface area contributed by atoms with Crippen molar-refractivity contribution in [3.8, 4) is 0 Å². The molecule has 2 unspecified atom stereocenters. The molecule has 1 aliphatic rings. The molecule has 0 aliphatic heterocycles. The number of halogens is 1. The minimum atomic E-state index is 0. The van der Waals surface area contributed by atoms with Crippen LogP contribution in [0, 0.1) is 11.8 Å². The number of hydrogen-bond acceptors (Lipinski definition) is 2. The number of nitrogens with two attached hydrogens (primary N) is 1. The zero-order valence-electron chi connectivity index (χ0n) is 12.9. The molecule has 2 N–H and O–H groups in total. The number of hydrogen-bond donors (Lipinski definition) is 1. The van der Waals surface area contributed by atoms with E-state index >= 15 is 0 Å². The Morgan fingerprint density at radius 2 is 1.79 bits per heavy atom. The maximum absolute atomic E-state index is 12.4. The summed E-state index contributed by atoms with van der Waals surface area (Å²) in [6.07, 6.45) is 5.32. The fraction of sp³-hybridized carbons (Fsp3) is 0.933. The molecule has 1 fully saturated rings. The van der Waals surface area contributed by atoms with Gasteiger partial charge in [0.05, 0.1) is 0 Å². The molecule has 1 amide bonds. The predicted octanol–water partition coefficient (Wildman–Crippen LogP) is 3.21. The second-order valence-corrected chi connectivity index (χ2v) is 6.45. The molecule has 0 aromatic heterocycles. The second-order valence-electron chi connectivity index (χ2n) is 6.45. The number of amides is 1. The summed E-state index contributed by atoms with van der Waals surface area (Å²) >= 11 is 0. The number of carbonyl (C=O) groups excluding carboxylic acids is 1. The van der Waals surface area contributed by atoms with Gasteiger partial charge in [0.15, 0.2) is 0 Å². The molecule has 1 saturated carbocycles. The summed E-state index contributed by atoms with van der Waals surface area (Å²) in [6, 6.07) is 0.524. The van der Waals surface area contributed by atoms with Crippen molar-refractivity contribution < 1.29 is 4.79 Å². The molecule has 1 aliphatic carbocycles. The molecule has 0 radical (unpaired) electrons. The molecule has 2 atom stereocenters. The molecule has 0 saturated heterocycles. The number of carbonyl (C=O) groups is 1. The molecule has 0 heterocycles. The van der Waals surface area contributed by atoms with Gasteiger partial charge < -0.3 is 10.6 Å². The van der Waals surface area contributed by atoms with Gasteiger partial charge in [-0.1, -0.05) is 26.7 Å². The molecule has 0 bridgehead atoms. The van der Waals surface area contributed by atoms with Gasteiger partial charge in [0.25, 0.3) is 0 Å². The van der Waals surface area contributed by atoms with E-state index in [1.165, 1.54) is 12.8 Å². The van der Waals surface area contributed by atoms with E-state index in [1.807, 2.05) is 4.90 Å². The normalized spacial score (nSPS) is 23.3. The molecule has 0 spiro atoms.